The normalized spacial score (nSPS) is 14.2. The summed E-state index contributed by atoms with van der Waals surface area (Å²) in [5.74, 6) is 1.98. The molecule has 0 unspecified atom stereocenters. The summed E-state index contributed by atoms with van der Waals surface area (Å²) in [6.45, 7) is 4.73. The first kappa shape index (κ1) is 14.0. The average molecular weight is 309 g/mol. The summed E-state index contributed by atoms with van der Waals surface area (Å²) in [5.41, 5.74) is 1.18. The van der Waals surface area contributed by atoms with Crippen LogP contribution < -0.4 is 0 Å². The summed E-state index contributed by atoms with van der Waals surface area (Å²) in [6, 6.07) is 10.3. The number of amides is 1. The minimum Gasteiger partial charge on any atom is -0.347 e. The van der Waals surface area contributed by atoms with Gasteiger partial charge in [0.1, 0.15) is 5.82 Å². The number of hydrogen-bond acceptors (Lipinski definition) is 3. The largest absolute Gasteiger partial charge is 0.347 e. The lowest BCUT2D eigenvalue weighted by Crippen LogP contribution is -2.38. The van der Waals surface area contributed by atoms with E-state index in [1.165, 1.54) is 10.9 Å². The van der Waals surface area contributed by atoms with Gasteiger partial charge in [-0.15, -0.1) is 10.2 Å². The molecule has 0 N–H and O–H groups in total. The Hall–Kier alpha value is -2.63. The standard InChI is InChI=1S/C17H19N5O/c1-13-18-19-16-12-21(10-11-22(13)16)17(23)7-9-20-8-6-14-4-2-3-5-15(14)20/h2-6,8H,7,9-12H2,1H3. The third-order valence-electron chi connectivity index (χ3n) is 4.54. The highest BCUT2D eigenvalue weighted by Crippen LogP contribution is 2.17. The van der Waals surface area contributed by atoms with Gasteiger partial charge in [-0.05, 0) is 24.4 Å². The van der Waals surface area contributed by atoms with Crippen LogP contribution in [0.5, 0.6) is 0 Å². The molecule has 0 saturated heterocycles. The van der Waals surface area contributed by atoms with Gasteiger partial charge in [-0.1, -0.05) is 18.2 Å². The summed E-state index contributed by atoms with van der Waals surface area (Å²) in [6.07, 6.45) is 2.56. The zero-order valence-corrected chi connectivity index (χ0v) is 13.1. The predicted octanol–water partition coefficient (Wildman–Crippen LogP) is 1.97. The quantitative estimate of drug-likeness (QED) is 0.743. The van der Waals surface area contributed by atoms with Crippen LogP contribution in [0.3, 0.4) is 0 Å². The third-order valence-corrected chi connectivity index (χ3v) is 4.54. The SMILES string of the molecule is Cc1nnc2n1CCN(C(=O)CCn1ccc3ccccc31)C2. The van der Waals surface area contributed by atoms with Crippen LogP contribution in [0.15, 0.2) is 36.5 Å². The number of carbonyl (C=O) groups excluding carboxylic acids is 1. The lowest BCUT2D eigenvalue weighted by molar-refractivity contribution is -0.132. The molecular formula is C17H19N5O. The second kappa shape index (κ2) is 5.53. The number of fused-ring (bicyclic) bond motifs is 2. The van der Waals surface area contributed by atoms with Crippen molar-refractivity contribution in [3.8, 4) is 0 Å². The van der Waals surface area contributed by atoms with E-state index in [1.807, 2.05) is 30.2 Å². The molecule has 6 heteroatoms. The van der Waals surface area contributed by atoms with Gasteiger partial charge >= 0.3 is 0 Å². The summed E-state index contributed by atoms with van der Waals surface area (Å²) in [7, 11) is 0. The molecule has 0 aliphatic carbocycles. The highest BCUT2D eigenvalue weighted by atomic mass is 16.2. The Morgan fingerprint density at radius 2 is 2.04 bits per heavy atom. The van der Waals surface area contributed by atoms with Gasteiger partial charge in [0.15, 0.2) is 5.82 Å². The number of hydrogen-bond donors (Lipinski definition) is 0. The van der Waals surface area contributed by atoms with E-state index in [0.29, 0.717) is 19.5 Å². The van der Waals surface area contributed by atoms with E-state index in [2.05, 4.69) is 37.5 Å². The van der Waals surface area contributed by atoms with Crippen LogP contribution in [-0.4, -0.2) is 36.7 Å². The Labute approximate surface area is 134 Å². The van der Waals surface area contributed by atoms with Crippen LogP contribution >= 0.6 is 0 Å². The molecule has 0 atom stereocenters. The Balaban J connectivity index is 1.43. The molecule has 118 valence electrons. The van der Waals surface area contributed by atoms with E-state index in [0.717, 1.165) is 24.7 Å². The van der Waals surface area contributed by atoms with Gasteiger partial charge in [0.05, 0.1) is 6.54 Å². The number of nitrogens with zero attached hydrogens (tertiary/aromatic N) is 5. The predicted molar refractivity (Wildman–Crippen MR) is 86.7 cm³/mol. The molecule has 1 aromatic carbocycles. The van der Waals surface area contributed by atoms with Gasteiger partial charge in [0, 0.05) is 37.8 Å². The summed E-state index contributed by atoms with van der Waals surface area (Å²) in [5, 5.41) is 9.45. The van der Waals surface area contributed by atoms with Crippen molar-refractivity contribution in [2.45, 2.75) is 33.0 Å². The first-order chi connectivity index (χ1) is 11.2. The van der Waals surface area contributed by atoms with Crippen LogP contribution in [0.2, 0.25) is 0 Å². The first-order valence-electron chi connectivity index (χ1n) is 7.93. The van der Waals surface area contributed by atoms with Crippen LogP contribution in [0.1, 0.15) is 18.1 Å². The molecule has 1 aliphatic heterocycles. The van der Waals surface area contributed by atoms with Crippen LogP contribution in [-0.2, 0) is 24.4 Å². The van der Waals surface area contributed by atoms with Gasteiger partial charge in [-0.2, -0.15) is 0 Å². The molecule has 6 nitrogen and oxygen atoms in total. The fourth-order valence-electron chi connectivity index (χ4n) is 3.23. The summed E-state index contributed by atoms with van der Waals surface area (Å²) < 4.78 is 4.23. The van der Waals surface area contributed by atoms with Crippen molar-refractivity contribution < 1.29 is 4.79 Å². The minimum absolute atomic E-state index is 0.176. The molecule has 0 saturated carbocycles. The maximum Gasteiger partial charge on any atom is 0.224 e. The molecule has 2 aromatic heterocycles. The van der Waals surface area contributed by atoms with Crippen molar-refractivity contribution in [1.29, 1.82) is 0 Å². The zero-order chi connectivity index (χ0) is 15.8. The summed E-state index contributed by atoms with van der Waals surface area (Å²) in [4.78, 5) is 14.4. The minimum atomic E-state index is 0.176. The van der Waals surface area contributed by atoms with E-state index in [-0.39, 0.29) is 5.91 Å². The Morgan fingerprint density at radius 3 is 2.96 bits per heavy atom. The van der Waals surface area contributed by atoms with Crippen molar-refractivity contribution in [1.82, 2.24) is 24.2 Å². The molecule has 1 aliphatic rings. The third kappa shape index (κ3) is 2.50. The molecule has 0 bridgehead atoms. The number of para-hydroxylation sites is 1. The molecule has 0 spiro atoms. The van der Waals surface area contributed by atoms with Crippen molar-refractivity contribution in [2.75, 3.05) is 6.54 Å². The molecule has 0 radical (unpaired) electrons. The fraction of sp³-hybridized carbons (Fsp3) is 0.353. The van der Waals surface area contributed by atoms with Gasteiger partial charge < -0.3 is 14.0 Å². The van der Waals surface area contributed by atoms with Gasteiger partial charge in [-0.25, -0.2) is 0 Å². The van der Waals surface area contributed by atoms with E-state index in [1.54, 1.807) is 0 Å². The Morgan fingerprint density at radius 1 is 1.17 bits per heavy atom. The van der Waals surface area contributed by atoms with E-state index in [4.69, 9.17) is 0 Å². The lowest BCUT2D eigenvalue weighted by atomic mass is 10.2. The van der Waals surface area contributed by atoms with Gasteiger partial charge in [-0.3, -0.25) is 4.79 Å². The molecular weight excluding hydrogens is 290 g/mol. The van der Waals surface area contributed by atoms with Gasteiger partial charge in [0.2, 0.25) is 5.91 Å². The number of aromatic nitrogens is 4. The molecule has 4 rings (SSSR count). The highest BCUT2D eigenvalue weighted by molar-refractivity contribution is 5.80. The van der Waals surface area contributed by atoms with Crippen LogP contribution in [0, 0.1) is 6.92 Å². The van der Waals surface area contributed by atoms with E-state index in [9.17, 15) is 4.79 Å². The zero-order valence-electron chi connectivity index (χ0n) is 13.1. The van der Waals surface area contributed by atoms with E-state index >= 15 is 0 Å². The number of rotatable bonds is 3. The van der Waals surface area contributed by atoms with Crippen LogP contribution in [0.25, 0.3) is 10.9 Å². The van der Waals surface area contributed by atoms with E-state index < -0.39 is 0 Å². The lowest BCUT2D eigenvalue weighted by Gasteiger charge is -2.27. The smallest absolute Gasteiger partial charge is 0.224 e. The number of carbonyl (C=O) groups is 1. The van der Waals surface area contributed by atoms with Crippen molar-refractivity contribution in [2.24, 2.45) is 0 Å². The topological polar surface area (TPSA) is 56.0 Å². The molecule has 1 amide bonds. The van der Waals surface area contributed by atoms with Crippen molar-refractivity contribution >= 4 is 16.8 Å². The second-order valence-electron chi connectivity index (χ2n) is 5.95. The summed E-state index contributed by atoms with van der Waals surface area (Å²) >= 11 is 0. The Kier molecular flexibility index (Phi) is 3.37. The molecule has 23 heavy (non-hydrogen) atoms. The first-order valence-corrected chi connectivity index (χ1v) is 7.93. The monoisotopic (exact) mass is 309 g/mol. The molecule has 0 fully saturated rings. The van der Waals surface area contributed by atoms with Crippen molar-refractivity contribution in [3.05, 3.63) is 48.2 Å². The van der Waals surface area contributed by atoms with Crippen molar-refractivity contribution in [3.63, 3.8) is 0 Å². The highest BCUT2D eigenvalue weighted by Gasteiger charge is 2.23. The Bertz CT molecular complexity index is 863. The molecule has 3 heterocycles. The maximum absolute atomic E-state index is 12.5. The number of benzene rings is 1. The second-order valence-corrected chi connectivity index (χ2v) is 5.95. The fourth-order valence-corrected chi connectivity index (χ4v) is 3.23. The van der Waals surface area contributed by atoms with Gasteiger partial charge in [0.25, 0.3) is 0 Å². The number of aryl methyl sites for hydroxylation is 2. The maximum atomic E-state index is 12.5. The average Bonchev–Trinajstić information content (AvgIpc) is 3.16. The molecule has 3 aromatic rings. The van der Waals surface area contributed by atoms with Crippen LogP contribution in [0.4, 0.5) is 0 Å².